The van der Waals surface area contributed by atoms with E-state index in [0.717, 1.165) is 30.8 Å². The molecule has 0 fully saturated rings. The zero-order valence-electron chi connectivity index (χ0n) is 10.8. The first-order valence-corrected chi connectivity index (χ1v) is 7.31. The quantitative estimate of drug-likeness (QED) is 0.627. The van der Waals surface area contributed by atoms with Crippen LogP contribution >= 0.6 is 22.6 Å². The highest BCUT2D eigenvalue weighted by molar-refractivity contribution is 14.1. The fourth-order valence-corrected chi connectivity index (χ4v) is 1.86. The minimum Gasteiger partial charge on any atom is -0.424 e. The Morgan fingerprint density at radius 3 is 2.47 bits per heavy atom. The van der Waals surface area contributed by atoms with E-state index in [1.54, 1.807) is 12.4 Å². The van der Waals surface area contributed by atoms with Gasteiger partial charge in [0.25, 0.3) is 0 Å². The Kier molecular flexibility index (Phi) is 5.53. The van der Waals surface area contributed by atoms with E-state index in [0.29, 0.717) is 6.01 Å². The minimum absolute atomic E-state index is 0.375. The predicted molar refractivity (Wildman–Crippen MR) is 83.3 cm³/mol. The third-order valence-corrected chi connectivity index (χ3v) is 3.18. The van der Waals surface area contributed by atoms with Gasteiger partial charge in [-0.25, -0.2) is 9.97 Å². The van der Waals surface area contributed by atoms with Crippen LogP contribution in [0.15, 0.2) is 36.7 Å². The number of hydrogen-bond donors (Lipinski definition) is 1. The van der Waals surface area contributed by atoms with Gasteiger partial charge in [-0.1, -0.05) is 6.92 Å². The molecule has 1 N–H and O–H groups in total. The molecule has 0 radical (unpaired) electrons. The monoisotopic (exact) mass is 369 g/mol. The lowest BCUT2D eigenvalue weighted by molar-refractivity contribution is 0.440. The van der Waals surface area contributed by atoms with Crippen molar-refractivity contribution in [3.05, 3.63) is 45.8 Å². The molecule has 0 aliphatic rings. The molecule has 0 amide bonds. The van der Waals surface area contributed by atoms with Crippen molar-refractivity contribution in [3.63, 3.8) is 0 Å². The lowest BCUT2D eigenvalue weighted by Crippen LogP contribution is -2.14. The molecule has 0 unspecified atom stereocenters. The summed E-state index contributed by atoms with van der Waals surface area (Å²) in [6, 6.07) is 8.15. The summed E-state index contributed by atoms with van der Waals surface area (Å²) in [5, 5.41) is 3.31. The van der Waals surface area contributed by atoms with Crippen LogP contribution in [0.3, 0.4) is 0 Å². The Hall–Kier alpha value is -1.21. The molecule has 0 saturated carbocycles. The van der Waals surface area contributed by atoms with Gasteiger partial charge in [0.05, 0.1) is 0 Å². The Balaban J connectivity index is 1.92. The largest absolute Gasteiger partial charge is 0.424 e. The van der Waals surface area contributed by atoms with Gasteiger partial charge in [-0.3, -0.25) is 0 Å². The number of aromatic nitrogens is 2. The second kappa shape index (κ2) is 7.40. The van der Waals surface area contributed by atoms with E-state index < -0.39 is 0 Å². The first-order chi connectivity index (χ1) is 9.28. The highest BCUT2D eigenvalue weighted by Gasteiger charge is 2.01. The van der Waals surface area contributed by atoms with Crippen LogP contribution in [0.5, 0.6) is 11.8 Å². The summed E-state index contributed by atoms with van der Waals surface area (Å²) in [6.45, 7) is 3.93. The van der Waals surface area contributed by atoms with Gasteiger partial charge in [0, 0.05) is 28.1 Å². The van der Waals surface area contributed by atoms with Gasteiger partial charge in [-0.2, -0.15) is 0 Å². The molecular weight excluding hydrogens is 353 g/mol. The Morgan fingerprint density at radius 2 is 1.84 bits per heavy atom. The lowest BCUT2D eigenvalue weighted by Gasteiger charge is -2.05. The molecule has 0 atom stereocenters. The summed E-state index contributed by atoms with van der Waals surface area (Å²) in [4.78, 5) is 8.40. The number of halogens is 1. The normalized spacial score (nSPS) is 10.4. The fourth-order valence-electron chi connectivity index (χ4n) is 1.50. The second-order valence-electron chi connectivity index (χ2n) is 4.11. The number of nitrogens with zero attached hydrogens (tertiary/aromatic N) is 2. The van der Waals surface area contributed by atoms with Crippen molar-refractivity contribution < 1.29 is 4.74 Å². The van der Waals surface area contributed by atoms with Crippen molar-refractivity contribution >= 4 is 22.6 Å². The van der Waals surface area contributed by atoms with E-state index >= 15 is 0 Å². The molecule has 0 spiro atoms. The second-order valence-corrected chi connectivity index (χ2v) is 5.35. The molecule has 1 aromatic heterocycles. The van der Waals surface area contributed by atoms with Gasteiger partial charge >= 0.3 is 6.01 Å². The van der Waals surface area contributed by atoms with E-state index in [4.69, 9.17) is 4.74 Å². The first-order valence-electron chi connectivity index (χ1n) is 6.23. The molecule has 0 aliphatic carbocycles. The summed E-state index contributed by atoms with van der Waals surface area (Å²) < 4.78 is 6.74. The highest BCUT2D eigenvalue weighted by atomic mass is 127. The fraction of sp³-hybridized carbons (Fsp3) is 0.286. The van der Waals surface area contributed by atoms with E-state index in [1.165, 1.54) is 3.57 Å². The topological polar surface area (TPSA) is 47.0 Å². The van der Waals surface area contributed by atoms with Crippen LogP contribution in [0.4, 0.5) is 0 Å². The van der Waals surface area contributed by atoms with Crippen LogP contribution in [0.2, 0.25) is 0 Å². The number of rotatable bonds is 6. The first kappa shape index (κ1) is 14.2. The molecule has 1 aromatic carbocycles. The molecule has 2 aromatic rings. The van der Waals surface area contributed by atoms with Gasteiger partial charge in [-0.05, 0) is 59.8 Å². The van der Waals surface area contributed by atoms with Crippen molar-refractivity contribution in [3.8, 4) is 11.8 Å². The van der Waals surface area contributed by atoms with Gasteiger partial charge in [0.15, 0.2) is 0 Å². The summed E-state index contributed by atoms with van der Waals surface area (Å²) >= 11 is 2.25. The SMILES string of the molecule is CCCNCc1cnc(Oc2ccc(I)cc2)nc1. The van der Waals surface area contributed by atoms with Crippen LogP contribution in [-0.2, 0) is 6.54 Å². The standard InChI is InChI=1S/C14H16IN3O/c1-2-7-16-8-11-9-17-14(18-10-11)19-13-5-3-12(15)4-6-13/h3-6,9-10,16H,2,7-8H2,1H3. The van der Waals surface area contributed by atoms with Crippen LogP contribution in [0, 0.1) is 3.57 Å². The number of nitrogens with one attached hydrogen (secondary N) is 1. The molecular formula is C14H16IN3O. The Labute approximate surface area is 126 Å². The zero-order chi connectivity index (χ0) is 13.5. The molecule has 5 heteroatoms. The van der Waals surface area contributed by atoms with Crippen LogP contribution in [-0.4, -0.2) is 16.5 Å². The van der Waals surface area contributed by atoms with Crippen LogP contribution in [0.25, 0.3) is 0 Å². The third kappa shape index (κ3) is 4.76. The minimum atomic E-state index is 0.375. The average molecular weight is 369 g/mol. The Bertz CT molecular complexity index is 499. The van der Waals surface area contributed by atoms with Gasteiger partial charge < -0.3 is 10.1 Å². The number of ether oxygens (including phenoxy) is 1. The Morgan fingerprint density at radius 1 is 1.16 bits per heavy atom. The molecule has 0 bridgehead atoms. The van der Waals surface area contributed by atoms with Crippen molar-refractivity contribution in [2.24, 2.45) is 0 Å². The van der Waals surface area contributed by atoms with E-state index in [9.17, 15) is 0 Å². The summed E-state index contributed by atoms with van der Waals surface area (Å²) in [6.07, 6.45) is 4.70. The molecule has 1 heterocycles. The van der Waals surface area contributed by atoms with E-state index in [1.807, 2.05) is 24.3 Å². The third-order valence-electron chi connectivity index (χ3n) is 2.46. The maximum absolute atomic E-state index is 5.57. The highest BCUT2D eigenvalue weighted by Crippen LogP contribution is 2.18. The maximum atomic E-state index is 5.57. The van der Waals surface area contributed by atoms with Crippen molar-refractivity contribution in [1.82, 2.24) is 15.3 Å². The predicted octanol–water partition coefficient (Wildman–Crippen LogP) is 3.37. The van der Waals surface area contributed by atoms with Gasteiger partial charge in [0.1, 0.15) is 5.75 Å². The molecule has 0 saturated heterocycles. The van der Waals surface area contributed by atoms with Crippen molar-refractivity contribution in [1.29, 1.82) is 0 Å². The number of hydrogen-bond acceptors (Lipinski definition) is 4. The van der Waals surface area contributed by atoms with Gasteiger partial charge in [-0.15, -0.1) is 0 Å². The molecule has 19 heavy (non-hydrogen) atoms. The van der Waals surface area contributed by atoms with Gasteiger partial charge in [0.2, 0.25) is 0 Å². The van der Waals surface area contributed by atoms with Crippen LogP contribution < -0.4 is 10.1 Å². The maximum Gasteiger partial charge on any atom is 0.321 e. The average Bonchev–Trinajstić information content (AvgIpc) is 2.44. The van der Waals surface area contributed by atoms with Crippen molar-refractivity contribution in [2.45, 2.75) is 19.9 Å². The van der Waals surface area contributed by atoms with Crippen LogP contribution in [0.1, 0.15) is 18.9 Å². The molecule has 2 rings (SSSR count). The van der Waals surface area contributed by atoms with Crippen molar-refractivity contribution in [2.75, 3.05) is 6.54 Å². The number of benzene rings is 1. The molecule has 100 valence electrons. The van der Waals surface area contributed by atoms with E-state index in [2.05, 4.69) is 44.8 Å². The summed E-state index contributed by atoms with van der Waals surface area (Å²) in [5.74, 6) is 0.747. The lowest BCUT2D eigenvalue weighted by atomic mass is 10.3. The molecule has 4 nitrogen and oxygen atoms in total. The summed E-state index contributed by atoms with van der Waals surface area (Å²) in [5.41, 5.74) is 1.06. The van der Waals surface area contributed by atoms with E-state index in [-0.39, 0.29) is 0 Å². The summed E-state index contributed by atoms with van der Waals surface area (Å²) in [7, 11) is 0. The smallest absolute Gasteiger partial charge is 0.321 e. The molecule has 0 aliphatic heterocycles. The zero-order valence-corrected chi connectivity index (χ0v) is 12.9.